The quantitative estimate of drug-likeness (QED) is 0.480. The van der Waals surface area contributed by atoms with Crippen LogP contribution in [-0.2, 0) is 11.8 Å². The van der Waals surface area contributed by atoms with Gasteiger partial charge in [-0.25, -0.2) is 0 Å². The standard InChI is InChI=1S/C19H15OPSSe/c20-19(16-10-4-1-5-11-16)23-21(22,17-12-6-2-7-13-17)18-14-8-3-9-15-18/h1-15H. The number of benzene rings is 3. The van der Waals surface area contributed by atoms with E-state index in [1.165, 1.54) is 0 Å². The molecular formula is C19H15OPSSe. The number of carbonyl (C=O) groups is 1. The average Bonchev–Trinajstić information content (AvgIpc) is 2.64. The van der Waals surface area contributed by atoms with Crippen LogP contribution in [0.15, 0.2) is 91.0 Å². The van der Waals surface area contributed by atoms with Crippen molar-refractivity contribution < 1.29 is 4.79 Å². The summed E-state index contributed by atoms with van der Waals surface area (Å²) < 4.78 is -1.92. The molecular weight excluding hydrogens is 386 g/mol. The van der Waals surface area contributed by atoms with Crippen LogP contribution in [0.4, 0.5) is 0 Å². The predicted octanol–water partition coefficient (Wildman–Crippen LogP) is 3.58. The van der Waals surface area contributed by atoms with Crippen molar-refractivity contribution in [3.63, 3.8) is 0 Å². The Labute approximate surface area is 147 Å². The number of carbonyl (C=O) groups excluding carboxylic acids is 1. The second-order valence-corrected chi connectivity index (χ2v) is 15.9. The second kappa shape index (κ2) is 7.38. The minimum atomic E-state index is -2.10. The van der Waals surface area contributed by atoms with E-state index in [-0.39, 0.29) is 19.2 Å². The molecule has 0 aromatic heterocycles. The van der Waals surface area contributed by atoms with Crippen molar-refractivity contribution in [1.82, 2.24) is 0 Å². The third-order valence-corrected chi connectivity index (χ3v) is 14.0. The summed E-state index contributed by atoms with van der Waals surface area (Å²) in [6.45, 7) is 0. The summed E-state index contributed by atoms with van der Waals surface area (Å²) in [5.74, 6) is 0. The van der Waals surface area contributed by atoms with Gasteiger partial charge in [-0.2, -0.15) is 0 Å². The molecule has 0 saturated heterocycles. The summed E-state index contributed by atoms with van der Waals surface area (Å²) in [5, 5.41) is 2.23. The zero-order valence-corrected chi connectivity index (χ0v) is 15.8. The molecule has 3 rings (SSSR count). The Morgan fingerprint density at radius 3 is 1.52 bits per heavy atom. The molecule has 0 amide bonds. The molecule has 0 aliphatic rings. The normalized spacial score (nSPS) is 11.1. The molecule has 1 nitrogen and oxygen atoms in total. The first-order chi connectivity index (χ1) is 11.2. The monoisotopic (exact) mass is 402 g/mol. The fourth-order valence-electron chi connectivity index (χ4n) is 2.25. The van der Waals surface area contributed by atoms with E-state index >= 15 is 0 Å². The molecule has 0 atom stereocenters. The van der Waals surface area contributed by atoms with Gasteiger partial charge in [-0.3, -0.25) is 0 Å². The van der Waals surface area contributed by atoms with Gasteiger partial charge in [0, 0.05) is 0 Å². The molecule has 0 radical (unpaired) electrons. The first-order valence-corrected chi connectivity index (χ1v) is 13.1. The molecule has 4 heteroatoms. The van der Waals surface area contributed by atoms with Gasteiger partial charge in [-0.1, -0.05) is 0 Å². The van der Waals surface area contributed by atoms with Gasteiger partial charge >= 0.3 is 148 Å². The minimum absolute atomic E-state index is 0.175. The molecule has 0 aliphatic heterocycles. The van der Waals surface area contributed by atoms with E-state index < -0.39 is 4.73 Å². The SMILES string of the molecule is O=C([Se]P(=S)(c1ccccc1)c1ccccc1)c1ccccc1. The molecule has 23 heavy (non-hydrogen) atoms. The predicted molar refractivity (Wildman–Crippen MR) is 103 cm³/mol. The Morgan fingerprint density at radius 1 is 0.696 bits per heavy atom. The van der Waals surface area contributed by atoms with Crippen molar-refractivity contribution in [2.75, 3.05) is 0 Å². The van der Waals surface area contributed by atoms with Gasteiger partial charge in [-0.05, 0) is 0 Å². The van der Waals surface area contributed by atoms with Crippen molar-refractivity contribution in [2.24, 2.45) is 0 Å². The molecule has 0 bridgehead atoms. The summed E-state index contributed by atoms with van der Waals surface area (Å²) in [6, 6.07) is 29.7. The third-order valence-electron chi connectivity index (χ3n) is 3.41. The summed E-state index contributed by atoms with van der Waals surface area (Å²) in [7, 11) is 0. The van der Waals surface area contributed by atoms with Crippen LogP contribution in [0.1, 0.15) is 10.4 Å². The molecule has 0 aliphatic carbocycles. The van der Waals surface area contributed by atoms with Crippen LogP contribution < -0.4 is 10.6 Å². The Kier molecular flexibility index (Phi) is 5.25. The fourth-order valence-corrected chi connectivity index (χ4v) is 11.3. The molecule has 3 aromatic carbocycles. The van der Waals surface area contributed by atoms with Gasteiger partial charge in [0.2, 0.25) is 0 Å². The van der Waals surface area contributed by atoms with E-state index in [2.05, 4.69) is 24.3 Å². The maximum absolute atomic E-state index is 12.8. The van der Waals surface area contributed by atoms with Gasteiger partial charge in [0.1, 0.15) is 0 Å². The van der Waals surface area contributed by atoms with E-state index in [4.69, 9.17) is 11.8 Å². The molecule has 114 valence electrons. The van der Waals surface area contributed by atoms with Gasteiger partial charge in [0.05, 0.1) is 0 Å². The van der Waals surface area contributed by atoms with Crippen molar-refractivity contribution in [3.05, 3.63) is 96.6 Å². The molecule has 0 unspecified atom stereocenters. The van der Waals surface area contributed by atoms with Crippen LogP contribution in [0.3, 0.4) is 0 Å². The first kappa shape index (κ1) is 16.4. The molecule has 0 saturated carbocycles. The van der Waals surface area contributed by atoms with Crippen LogP contribution in [0, 0.1) is 0 Å². The van der Waals surface area contributed by atoms with Crippen LogP contribution in [0.2, 0.25) is 0 Å². The van der Waals surface area contributed by atoms with Gasteiger partial charge in [0.15, 0.2) is 0 Å². The molecule has 3 aromatic rings. The maximum atomic E-state index is 12.8. The van der Waals surface area contributed by atoms with E-state index in [1.54, 1.807) is 0 Å². The average molecular weight is 401 g/mol. The Bertz CT molecular complexity index is 792. The van der Waals surface area contributed by atoms with Crippen LogP contribution >= 0.6 is 4.73 Å². The van der Waals surface area contributed by atoms with E-state index in [0.29, 0.717) is 0 Å². The van der Waals surface area contributed by atoms with Crippen LogP contribution in [0.25, 0.3) is 0 Å². The number of hydrogen-bond acceptors (Lipinski definition) is 2. The Hall–Kier alpha value is -1.50. The van der Waals surface area contributed by atoms with Gasteiger partial charge < -0.3 is 0 Å². The summed E-state index contributed by atoms with van der Waals surface area (Å²) in [5.41, 5.74) is 0.758. The molecule has 0 N–H and O–H groups in total. The van der Waals surface area contributed by atoms with Crippen molar-refractivity contribution in [3.8, 4) is 0 Å². The van der Waals surface area contributed by atoms with Crippen molar-refractivity contribution in [1.29, 1.82) is 0 Å². The summed E-state index contributed by atoms with van der Waals surface area (Å²) in [6.07, 6.45) is 0. The Balaban J connectivity index is 2.04. The Morgan fingerprint density at radius 2 is 1.09 bits per heavy atom. The summed E-state index contributed by atoms with van der Waals surface area (Å²) in [4.78, 5) is 12.8. The van der Waals surface area contributed by atoms with E-state index in [1.807, 2.05) is 66.7 Å². The van der Waals surface area contributed by atoms with Gasteiger partial charge in [-0.15, -0.1) is 0 Å². The van der Waals surface area contributed by atoms with Gasteiger partial charge in [0.25, 0.3) is 0 Å². The van der Waals surface area contributed by atoms with E-state index in [9.17, 15) is 4.79 Å². The zero-order valence-electron chi connectivity index (χ0n) is 12.3. The van der Waals surface area contributed by atoms with Crippen molar-refractivity contribution in [2.45, 2.75) is 0 Å². The van der Waals surface area contributed by atoms with Crippen LogP contribution in [-0.4, -0.2) is 19.2 Å². The third kappa shape index (κ3) is 3.71. The fraction of sp³-hybridized carbons (Fsp3) is 0. The summed E-state index contributed by atoms with van der Waals surface area (Å²) >= 11 is 5.82. The zero-order chi connectivity index (χ0) is 16.1. The topological polar surface area (TPSA) is 17.1 Å². The van der Waals surface area contributed by atoms with E-state index in [0.717, 1.165) is 16.2 Å². The molecule has 0 spiro atoms. The second-order valence-electron chi connectivity index (χ2n) is 4.97. The number of rotatable bonds is 5. The number of hydrogen-bond donors (Lipinski definition) is 0. The van der Waals surface area contributed by atoms with Crippen LogP contribution in [0.5, 0.6) is 0 Å². The first-order valence-electron chi connectivity index (χ1n) is 7.20. The molecule has 0 fully saturated rings. The van der Waals surface area contributed by atoms with Crippen molar-refractivity contribution >= 4 is 46.3 Å². The molecule has 0 heterocycles.